The maximum absolute atomic E-state index is 12.2. The fraction of sp³-hybridized carbons (Fsp3) is 0.467. The Bertz CT molecular complexity index is 706. The van der Waals surface area contributed by atoms with E-state index in [0.717, 1.165) is 12.0 Å². The van der Waals surface area contributed by atoms with Crippen LogP contribution in [0, 0.1) is 0 Å². The fourth-order valence-corrected chi connectivity index (χ4v) is 3.02. The second kappa shape index (κ2) is 7.29. The lowest BCUT2D eigenvalue weighted by molar-refractivity contribution is -0.186. The van der Waals surface area contributed by atoms with Gasteiger partial charge < -0.3 is 10.1 Å². The van der Waals surface area contributed by atoms with Crippen LogP contribution in [0.4, 0.5) is 0 Å². The van der Waals surface area contributed by atoms with Gasteiger partial charge in [0, 0.05) is 0 Å². The minimum absolute atomic E-state index is 0.0267. The Morgan fingerprint density at radius 3 is 2.58 bits per heavy atom. The molecule has 0 spiro atoms. The number of β-lactam (4-membered cyclic amide) rings is 1. The summed E-state index contributed by atoms with van der Waals surface area (Å²) in [7, 11) is -4.66. The largest absolute Gasteiger partial charge is 0.362 e. The van der Waals surface area contributed by atoms with Gasteiger partial charge in [-0.25, -0.2) is 4.31 Å². The van der Waals surface area contributed by atoms with Gasteiger partial charge in [0.2, 0.25) is 11.6 Å². The molecule has 8 nitrogen and oxygen atoms in total. The van der Waals surface area contributed by atoms with Crippen molar-refractivity contribution in [3.63, 3.8) is 0 Å². The molecule has 1 unspecified atom stereocenters. The van der Waals surface area contributed by atoms with E-state index < -0.39 is 34.4 Å². The molecule has 0 aromatic heterocycles. The summed E-state index contributed by atoms with van der Waals surface area (Å²) in [5, 5.41) is 2.46. The number of hydrogen-bond acceptors (Lipinski definition) is 5. The molecule has 2 N–H and O–H groups in total. The number of nitrogens with zero attached hydrogens (tertiary/aromatic N) is 1. The Morgan fingerprint density at radius 2 is 2.04 bits per heavy atom. The van der Waals surface area contributed by atoms with Crippen LogP contribution in [0.3, 0.4) is 0 Å². The van der Waals surface area contributed by atoms with Gasteiger partial charge in [-0.05, 0) is 12.0 Å². The molecule has 1 aromatic carbocycles. The van der Waals surface area contributed by atoms with Crippen LogP contribution in [0.25, 0.3) is 0 Å². The smallest absolute Gasteiger partial charge is 0.346 e. The maximum Gasteiger partial charge on any atom is 0.362 e. The van der Waals surface area contributed by atoms with Crippen LogP contribution in [0.15, 0.2) is 30.3 Å². The number of benzene rings is 1. The molecule has 0 bridgehead atoms. The molecule has 0 radical (unpaired) electrons. The highest BCUT2D eigenvalue weighted by Crippen LogP contribution is 2.27. The van der Waals surface area contributed by atoms with Crippen molar-refractivity contribution in [1.29, 1.82) is 0 Å². The van der Waals surface area contributed by atoms with Crippen molar-refractivity contribution >= 4 is 22.1 Å². The van der Waals surface area contributed by atoms with Crippen molar-refractivity contribution < 1.29 is 27.3 Å². The molecule has 1 atom stereocenters. The molecular weight excluding hydrogens is 336 g/mol. The SMILES string of the molecule is CCCCOC1(NC(=O)Cc2ccccc2)CN(S(=O)(=O)O)C1=O. The van der Waals surface area contributed by atoms with Gasteiger partial charge in [0.05, 0.1) is 19.6 Å². The molecular formula is C15H20N2O6S. The summed E-state index contributed by atoms with van der Waals surface area (Å²) >= 11 is 0. The molecule has 0 aliphatic carbocycles. The zero-order valence-electron chi connectivity index (χ0n) is 13.3. The van der Waals surface area contributed by atoms with Gasteiger partial charge in [-0.1, -0.05) is 43.7 Å². The van der Waals surface area contributed by atoms with Crippen LogP contribution in [-0.4, -0.2) is 48.0 Å². The van der Waals surface area contributed by atoms with Crippen molar-refractivity contribution in [3.8, 4) is 0 Å². The third-order valence-electron chi connectivity index (χ3n) is 3.61. The van der Waals surface area contributed by atoms with E-state index in [4.69, 9.17) is 9.29 Å². The van der Waals surface area contributed by atoms with E-state index in [-0.39, 0.29) is 17.3 Å². The molecule has 1 heterocycles. The van der Waals surface area contributed by atoms with Crippen molar-refractivity contribution in [2.45, 2.75) is 31.9 Å². The van der Waals surface area contributed by atoms with Crippen LogP contribution in [-0.2, 0) is 31.1 Å². The van der Waals surface area contributed by atoms with Crippen LogP contribution in [0.2, 0.25) is 0 Å². The molecule has 24 heavy (non-hydrogen) atoms. The van der Waals surface area contributed by atoms with E-state index in [0.29, 0.717) is 6.42 Å². The number of amides is 2. The standard InChI is InChI=1S/C15H20N2O6S/c1-2-3-9-23-15(11-17(14(15)19)24(20,21)22)16-13(18)10-12-7-5-4-6-8-12/h4-8H,2-3,9-11H2,1H3,(H,16,18)(H,20,21,22). The van der Waals surface area contributed by atoms with Gasteiger partial charge in [0.15, 0.2) is 0 Å². The average molecular weight is 356 g/mol. The highest BCUT2D eigenvalue weighted by Gasteiger charge is 2.59. The van der Waals surface area contributed by atoms with E-state index in [1.54, 1.807) is 24.3 Å². The molecule has 0 saturated carbocycles. The molecule has 9 heteroatoms. The summed E-state index contributed by atoms with van der Waals surface area (Å²) in [6, 6.07) is 8.90. The van der Waals surface area contributed by atoms with Crippen molar-refractivity contribution in [2.24, 2.45) is 0 Å². The molecule has 1 fully saturated rings. The molecule has 2 rings (SSSR count). The van der Waals surface area contributed by atoms with Gasteiger partial charge in [0.1, 0.15) is 0 Å². The summed E-state index contributed by atoms with van der Waals surface area (Å²) < 4.78 is 36.9. The first-order chi connectivity index (χ1) is 11.3. The number of nitrogens with one attached hydrogen (secondary N) is 1. The highest BCUT2D eigenvalue weighted by molar-refractivity contribution is 7.84. The second-order valence-corrected chi connectivity index (χ2v) is 6.87. The lowest BCUT2D eigenvalue weighted by atomic mass is 10.0. The normalized spacial score (nSPS) is 20.6. The Labute approximate surface area is 140 Å². The molecule has 132 valence electrons. The lowest BCUT2D eigenvalue weighted by Crippen LogP contribution is -2.76. The fourth-order valence-electron chi connectivity index (χ4n) is 2.32. The van der Waals surface area contributed by atoms with Gasteiger partial charge in [0.25, 0.3) is 5.91 Å². The summed E-state index contributed by atoms with van der Waals surface area (Å²) in [4.78, 5) is 24.3. The number of unbranched alkanes of at least 4 members (excludes halogenated alkanes) is 1. The number of ether oxygens (including phenoxy) is 1. The Kier molecular flexibility index (Phi) is 5.58. The summed E-state index contributed by atoms with van der Waals surface area (Å²) in [6.45, 7) is 1.67. The minimum Gasteiger partial charge on any atom is -0.346 e. The third kappa shape index (κ3) is 4.11. The number of hydrogen-bond donors (Lipinski definition) is 2. The molecule has 1 aromatic rings. The minimum atomic E-state index is -4.66. The predicted octanol–water partition coefficient (Wildman–Crippen LogP) is 0.503. The number of carbonyl (C=O) groups is 2. The van der Waals surface area contributed by atoms with Crippen LogP contribution >= 0.6 is 0 Å². The first kappa shape index (κ1) is 18.4. The van der Waals surface area contributed by atoms with Crippen molar-refractivity contribution in [3.05, 3.63) is 35.9 Å². The average Bonchev–Trinajstić information content (AvgIpc) is 2.51. The number of rotatable bonds is 8. The van der Waals surface area contributed by atoms with E-state index in [9.17, 15) is 18.0 Å². The molecule has 1 saturated heterocycles. The van der Waals surface area contributed by atoms with Crippen LogP contribution in [0.1, 0.15) is 25.3 Å². The Balaban J connectivity index is 2.07. The Morgan fingerprint density at radius 1 is 1.38 bits per heavy atom. The van der Waals surface area contributed by atoms with Crippen LogP contribution < -0.4 is 5.32 Å². The maximum atomic E-state index is 12.2. The summed E-state index contributed by atoms with van der Waals surface area (Å²) in [6.07, 6.45) is 1.48. The van der Waals surface area contributed by atoms with Crippen molar-refractivity contribution in [2.75, 3.05) is 13.2 Å². The molecule has 1 aliphatic rings. The first-order valence-electron chi connectivity index (χ1n) is 7.57. The first-order valence-corrected chi connectivity index (χ1v) is 8.96. The van der Waals surface area contributed by atoms with Gasteiger partial charge in [-0.2, -0.15) is 8.42 Å². The zero-order chi connectivity index (χ0) is 17.8. The second-order valence-electron chi connectivity index (χ2n) is 5.53. The van der Waals surface area contributed by atoms with Crippen molar-refractivity contribution in [1.82, 2.24) is 9.62 Å². The Hall–Kier alpha value is -1.97. The van der Waals surface area contributed by atoms with Gasteiger partial charge >= 0.3 is 10.3 Å². The van der Waals surface area contributed by atoms with E-state index in [2.05, 4.69) is 5.32 Å². The quantitative estimate of drug-likeness (QED) is 0.304. The number of carbonyl (C=O) groups excluding carboxylic acids is 2. The van der Waals surface area contributed by atoms with E-state index >= 15 is 0 Å². The topological polar surface area (TPSA) is 113 Å². The summed E-state index contributed by atoms with van der Waals surface area (Å²) in [5.41, 5.74) is -0.992. The molecule has 2 amide bonds. The van der Waals surface area contributed by atoms with Gasteiger partial charge in [-0.3, -0.25) is 14.1 Å². The monoisotopic (exact) mass is 356 g/mol. The third-order valence-corrected chi connectivity index (χ3v) is 4.46. The highest BCUT2D eigenvalue weighted by atomic mass is 32.2. The predicted molar refractivity (Wildman–Crippen MR) is 85.1 cm³/mol. The van der Waals surface area contributed by atoms with Crippen LogP contribution in [0.5, 0.6) is 0 Å². The summed E-state index contributed by atoms with van der Waals surface area (Å²) in [5.74, 6) is -1.47. The zero-order valence-corrected chi connectivity index (χ0v) is 14.1. The molecule has 1 aliphatic heterocycles. The lowest BCUT2D eigenvalue weighted by Gasteiger charge is -2.45. The van der Waals surface area contributed by atoms with Gasteiger partial charge in [-0.15, -0.1) is 0 Å². The van der Waals surface area contributed by atoms with E-state index in [1.807, 2.05) is 13.0 Å². The van der Waals surface area contributed by atoms with E-state index in [1.165, 1.54) is 0 Å².